The summed E-state index contributed by atoms with van der Waals surface area (Å²) in [7, 11) is -2.20. The monoisotopic (exact) mass is 489 g/mol. The van der Waals surface area contributed by atoms with Gasteiger partial charge in [-0.05, 0) is 49.1 Å². The molecule has 3 aromatic rings. The van der Waals surface area contributed by atoms with Gasteiger partial charge in [0.1, 0.15) is 17.3 Å². The highest BCUT2D eigenvalue weighted by molar-refractivity contribution is 7.89. The second-order valence-corrected chi connectivity index (χ2v) is 10.5. The summed E-state index contributed by atoms with van der Waals surface area (Å²) in [6, 6.07) is 18.0. The summed E-state index contributed by atoms with van der Waals surface area (Å²) >= 11 is 0. The third-order valence-electron chi connectivity index (χ3n) is 6.14. The molecule has 0 aliphatic carbocycles. The molecule has 1 N–H and O–H groups in total. The Balaban J connectivity index is 1.80. The molecule has 0 saturated carbocycles. The number of carbonyl (C=O) groups excluding carboxylic acids is 1. The highest BCUT2D eigenvalue weighted by Crippen LogP contribution is 2.30. The molecule has 0 unspecified atom stereocenters. The molecule has 0 spiro atoms. The number of aromatic nitrogens is 2. The summed E-state index contributed by atoms with van der Waals surface area (Å²) in [6.45, 7) is 3.14. The minimum absolute atomic E-state index is 0.0763. The van der Waals surface area contributed by atoms with E-state index in [2.05, 4.69) is 12.2 Å². The lowest BCUT2D eigenvalue weighted by atomic mass is 10.0. The van der Waals surface area contributed by atoms with Gasteiger partial charge in [-0.25, -0.2) is 13.1 Å². The zero-order valence-corrected chi connectivity index (χ0v) is 20.5. The molecule has 1 aromatic heterocycles. The van der Waals surface area contributed by atoms with Crippen LogP contribution in [0.5, 0.6) is 0 Å². The van der Waals surface area contributed by atoms with Crippen LogP contribution in [-0.4, -0.2) is 48.5 Å². The average Bonchev–Trinajstić information content (AvgIpc) is 3.31. The van der Waals surface area contributed by atoms with Gasteiger partial charge in [-0.15, -0.1) is 0 Å². The van der Waals surface area contributed by atoms with E-state index in [-0.39, 0.29) is 10.5 Å². The van der Waals surface area contributed by atoms with Gasteiger partial charge in [0.15, 0.2) is 0 Å². The predicted octanol–water partition coefficient (Wildman–Crippen LogP) is 3.61. The van der Waals surface area contributed by atoms with Crippen molar-refractivity contribution < 1.29 is 13.2 Å². The molecule has 1 fully saturated rings. The molecule has 35 heavy (non-hydrogen) atoms. The van der Waals surface area contributed by atoms with Gasteiger partial charge in [-0.3, -0.25) is 4.79 Å². The average molecular weight is 490 g/mol. The van der Waals surface area contributed by atoms with Gasteiger partial charge in [0.05, 0.1) is 10.6 Å². The van der Waals surface area contributed by atoms with Crippen LogP contribution in [0.3, 0.4) is 0 Å². The summed E-state index contributed by atoms with van der Waals surface area (Å²) in [4.78, 5) is 12.3. The summed E-state index contributed by atoms with van der Waals surface area (Å²) in [5.74, 6) is 0.000276. The molecule has 0 bridgehead atoms. The second kappa shape index (κ2) is 10.3. The lowest BCUT2D eigenvalue weighted by Gasteiger charge is -2.29. The molecule has 1 aliphatic rings. The first-order valence-corrected chi connectivity index (χ1v) is 12.9. The third kappa shape index (κ3) is 5.19. The van der Waals surface area contributed by atoms with Crippen molar-refractivity contribution in [3.05, 3.63) is 71.9 Å². The fraction of sp³-hybridized carbons (Fsp3) is 0.269. The zero-order chi connectivity index (χ0) is 25.0. The van der Waals surface area contributed by atoms with Crippen molar-refractivity contribution in [3.8, 4) is 23.0 Å². The minimum atomic E-state index is -3.65. The first-order valence-electron chi connectivity index (χ1n) is 11.4. The highest BCUT2D eigenvalue weighted by atomic mass is 32.2. The summed E-state index contributed by atoms with van der Waals surface area (Å²) in [5, 5.41) is 16.6. The molecule has 180 valence electrons. The van der Waals surface area contributed by atoms with Gasteiger partial charge < -0.3 is 5.32 Å². The van der Waals surface area contributed by atoms with E-state index in [1.807, 2.05) is 36.4 Å². The van der Waals surface area contributed by atoms with E-state index in [4.69, 9.17) is 5.10 Å². The van der Waals surface area contributed by atoms with Crippen LogP contribution in [0.25, 0.3) is 23.0 Å². The largest absolute Gasteiger partial charge is 0.354 e. The standard InChI is InChI=1S/C26H27N5O3S/c1-19-11-13-30(14-12-19)35(33,34)24-10-6-7-20(16-24)25-22(15-21(17-27)26(32)28-2)18-31(29-25)23-8-4-3-5-9-23/h3-10,15-16,18-19H,11-14H2,1-2H3,(H,28,32). The SMILES string of the molecule is CNC(=O)C(C#N)=Cc1cn(-c2ccccc2)nc1-c1cccc(S(=O)(=O)N2CCC(C)CC2)c1. The van der Waals surface area contributed by atoms with Crippen LogP contribution in [0.1, 0.15) is 25.3 Å². The summed E-state index contributed by atoms with van der Waals surface area (Å²) in [6.07, 6.45) is 4.86. The van der Waals surface area contributed by atoms with E-state index in [9.17, 15) is 18.5 Å². The predicted molar refractivity (Wildman–Crippen MR) is 134 cm³/mol. The van der Waals surface area contributed by atoms with Crippen LogP contribution in [0.15, 0.2) is 71.3 Å². The molecule has 1 saturated heterocycles. The number of rotatable bonds is 6. The Morgan fingerprint density at radius 3 is 2.51 bits per heavy atom. The van der Waals surface area contributed by atoms with Gasteiger partial charge in [-0.2, -0.15) is 14.7 Å². The Labute approximate surface area is 205 Å². The summed E-state index contributed by atoms with van der Waals surface area (Å²) < 4.78 is 29.9. The van der Waals surface area contributed by atoms with Crippen molar-refractivity contribution in [2.45, 2.75) is 24.7 Å². The maximum absolute atomic E-state index is 13.3. The number of likely N-dealkylation sites (N-methyl/N-ethyl adjacent to an activating group) is 1. The van der Waals surface area contributed by atoms with E-state index in [1.54, 1.807) is 35.1 Å². The van der Waals surface area contributed by atoms with Crippen LogP contribution in [0.2, 0.25) is 0 Å². The third-order valence-corrected chi connectivity index (χ3v) is 8.04. The van der Waals surface area contributed by atoms with Crippen molar-refractivity contribution in [1.82, 2.24) is 19.4 Å². The van der Waals surface area contributed by atoms with E-state index in [1.165, 1.54) is 17.4 Å². The molecule has 2 heterocycles. The Bertz CT molecular complexity index is 1400. The lowest BCUT2D eigenvalue weighted by molar-refractivity contribution is -0.116. The molecular formula is C26H27N5O3S. The Kier molecular flexibility index (Phi) is 7.15. The van der Waals surface area contributed by atoms with Crippen molar-refractivity contribution >= 4 is 22.0 Å². The maximum atomic E-state index is 13.3. The van der Waals surface area contributed by atoms with Crippen molar-refractivity contribution in [1.29, 1.82) is 5.26 Å². The van der Waals surface area contributed by atoms with Crippen LogP contribution >= 0.6 is 0 Å². The maximum Gasteiger partial charge on any atom is 0.261 e. The van der Waals surface area contributed by atoms with E-state index in [0.29, 0.717) is 35.8 Å². The molecule has 2 aromatic carbocycles. The number of hydrogen-bond acceptors (Lipinski definition) is 5. The van der Waals surface area contributed by atoms with Gasteiger partial charge in [0, 0.05) is 37.5 Å². The first-order chi connectivity index (χ1) is 16.8. The van der Waals surface area contributed by atoms with Gasteiger partial charge in [0.25, 0.3) is 5.91 Å². The van der Waals surface area contributed by atoms with Gasteiger partial charge >= 0.3 is 0 Å². The molecule has 8 nitrogen and oxygen atoms in total. The Hall–Kier alpha value is -3.74. The smallest absolute Gasteiger partial charge is 0.261 e. The highest BCUT2D eigenvalue weighted by Gasteiger charge is 2.28. The number of nitrogens with zero attached hydrogens (tertiary/aromatic N) is 4. The fourth-order valence-electron chi connectivity index (χ4n) is 4.05. The number of nitriles is 1. The molecular weight excluding hydrogens is 462 g/mol. The molecule has 0 radical (unpaired) electrons. The zero-order valence-electron chi connectivity index (χ0n) is 19.7. The Morgan fingerprint density at radius 1 is 1.14 bits per heavy atom. The molecule has 9 heteroatoms. The topological polar surface area (TPSA) is 108 Å². The minimum Gasteiger partial charge on any atom is -0.354 e. The quantitative estimate of drug-likeness (QED) is 0.420. The van der Waals surface area contributed by atoms with Crippen LogP contribution in [-0.2, 0) is 14.8 Å². The van der Waals surface area contributed by atoms with E-state index < -0.39 is 15.9 Å². The van der Waals surface area contributed by atoms with E-state index >= 15 is 0 Å². The number of carbonyl (C=O) groups is 1. The Morgan fingerprint density at radius 2 is 1.86 bits per heavy atom. The van der Waals surface area contributed by atoms with E-state index in [0.717, 1.165) is 18.5 Å². The summed E-state index contributed by atoms with van der Waals surface area (Å²) in [5.41, 5.74) is 2.28. The number of piperidine rings is 1. The number of nitrogens with one attached hydrogen (secondary N) is 1. The number of benzene rings is 2. The molecule has 1 aliphatic heterocycles. The van der Waals surface area contributed by atoms with Crippen LogP contribution in [0.4, 0.5) is 0 Å². The second-order valence-electron chi connectivity index (χ2n) is 8.58. The fourth-order valence-corrected chi connectivity index (χ4v) is 5.56. The van der Waals surface area contributed by atoms with Crippen molar-refractivity contribution in [2.24, 2.45) is 5.92 Å². The number of hydrogen-bond donors (Lipinski definition) is 1. The van der Waals surface area contributed by atoms with Crippen molar-refractivity contribution in [3.63, 3.8) is 0 Å². The number of sulfonamides is 1. The van der Waals surface area contributed by atoms with Crippen molar-refractivity contribution in [2.75, 3.05) is 20.1 Å². The molecule has 0 atom stereocenters. The number of para-hydroxylation sites is 1. The normalized spacial score (nSPS) is 15.5. The number of amides is 1. The lowest BCUT2D eigenvalue weighted by Crippen LogP contribution is -2.37. The molecule has 1 amide bonds. The first kappa shape index (κ1) is 24.4. The van der Waals surface area contributed by atoms with Gasteiger partial charge in [-0.1, -0.05) is 37.3 Å². The molecule has 4 rings (SSSR count). The van der Waals surface area contributed by atoms with Gasteiger partial charge in [0.2, 0.25) is 10.0 Å². The van der Waals surface area contributed by atoms with Crippen LogP contribution < -0.4 is 5.32 Å². The van der Waals surface area contributed by atoms with Crippen LogP contribution in [0, 0.1) is 17.2 Å².